The molecule has 1 N–H and O–H groups in total. The number of amides is 1. The average Bonchev–Trinajstić information content (AvgIpc) is 3.49. The zero-order valence-corrected chi connectivity index (χ0v) is 20.5. The molecule has 2 fully saturated rings. The molecule has 0 unspecified atom stereocenters. The van der Waals surface area contributed by atoms with Gasteiger partial charge in [0.15, 0.2) is 0 Å². The summed E-state index contributed by atoms with van der Waals surface area (Å²) >= 11 is 0. The maximum Gasteiger partial charge on any atom is 0.414 e. The number of fused-ring (bicyclic) bond motifs is 3. The maximum atomic E-state index is 12.6. The van der Waals surface area contributed by atoms with Crippen LogP contribution in [-0.4, -0.2) is 39.9 Å². The van der Waals surface area contributed by atoms with E-state index in [1.165, 1.54) is 32.8 Å². The van der Waals surface area contributed by atoms with Gasteiger partial charge in [0.25, 0.3) is 0 Å². The molecule has 5 rings (SSSR count). The molecule has 2 saturated carbocycles. The van der Waals surface area contributed by atoms with Gasteiger partial charge in [-0.15, -0.1) is 0 Å². The van der Waals surface area contributed by atoms with E-state index >= 15 is 0 Å². The van der Waals surface area contributed by atoms with Crippen molar-refractivity contribution >= 4 is 28.8 Å². The molecule has 0 spiro atoms. The Labute approximate surface area is 201 Å². The van der Waals surface area contributed by atoms with E-state index < -0.39 is 5.97 Å². The summed E-state index contributed by atoms with van der Waals surface area (Å²) in [5.74, 6) is 0.902. The van der Waals surface area contributed by atoms with Crippen LogP contribution in [0.15, 0.2) is 12.1 Å². The number of carbonyl (C=O) groups is 2. The van der Waals surface area contributed by atoms with Crippen LogP contribution in [0.4, 0.5) is 10.5 Å². The van der Waals surface area contributed by atoms with Crippen LogP contribution in [-0.2, 0) is 22.4 Å². The van der Waals surface area contributed by atoms with Gasteiger partial charge < -0.3 is 14.4 Å². The van der Waals surface area contributed by atoms with Crippen molar-refractivity contribution in [3.05, 3.63) is 23.5 Å². The van der Waals surface area contributed by atoms with Crippen molar-refractivity contribution < 1.29 is 19.4 Å². The minimum Gasteiger partial charge on any atom is -0.481 e. The summed E-state index contributed by atoms with van der Waals surface area (Å²) in [7, 11) is 1.43. The van der Waals surface area contributed by atoms with E-state index in [2.05, 4.69) is 17.6 Å². The van der Waals surface area contributed by atoms with Gasteiger partial charge in [-0.2, -0.15) is 0 Å². The van der Waals surface area contributed by atoms with Crippen LogP contribution in [0.2, 0.25) is 0 Å². The number of anilines is 1. The first kappa shape index (κ1) is 23.2. The third-order valence-electron chi connectivity index (χ3n) is 8.51. The van der Waals surface area contributed by atoms with Crippen molar-refractivity contribution in [2.45, 2.75) is 96.1 Å². The molecule has 1 aliphatic heterocycles. The molecule has 2 aromatic rings. The zero-order chi connectivity index (χ0) is 23.8. The van der Waals surface area contributed by atoms with Crippen LogP contribution in [0, 0.1) is 11.8 Å². The Bertz CT molecular complexity index is 1070. The Morgan fingerprint density at radius 2 is 1.91 bits per heavy atom. The number of methoxy groups -OCH3 is 1. The Kier molecular flexibility index (Phi) is 6.54. The first-order valence-electron chi connectivity index (χ1n) is 13.1. The summed E-state index contributed by atoms with van der Waals surface area (Å²) in [4.78, 5) is 31.3. The number of carboxylic acids is 1. The predicted octanol–water partition coefficient (Wildman–Crippen LogP) is 5.88. The summed E-state index contributed by atoms with van der Waals surface area (Å²) < 4.78 is 7.46. The molecule has 0 bridgehead atoms. The molecule has 184 valence electrons. The van der Waals surface area contributed by atoms with Gasteiger partial charge in [-0.3, -0.25) is 9.69 Å². The monoisotopic (exact) mass is 467 g/mol. The van der Waals surface area contributed by atoms with Gasteiger partial charge in [0.2, 0.25) is 0 Å². The van der Waals surface area contributed by atoms with E-state index in [9.17, 15) is 14.7 Å². The molecular formula is C27H37N3O4. The second-order valence-corrected chi connectivity index (χ2v) is 10.6. The molecule has 2 aliphatic carbocycles. The van der Waals surface area contributed by atoms with Crippen molar-refractivity contribution in [2.24, 2.45) is 11.8 Å². The van der Waals surface area contributed by atoms with Gasteiger partial charge in [-0.25, -0.2) is 9.78 Å². The number of benzene rings is 1. The summed E-state index contributed by atoms with van der Waals surface area (Å²) in [6.45, 7) is 2.06. The molecule has 1 aromatic carbocycles. The number of nitrogens with zero attached hydrogens (tertiary/aromatic N) is 3. The van der Waals surface area contributed by atoms with Crippen LogP contribution in [0.5, 0.6) is 0 Å². The molecular weight excluding hydrogens is 430 g/mol. The summed E-state index contributed by atoms with van der Waals surface area (Å²) in [6, 6.07) is 4.38. The number of hydrogen-bond donors (Lipinski definition) is 1. The Balaban J connectivity index is 1.57. The molecule has 7 heteroatoms. The smallest absolute Gasteiger partial charge is 0.414 e. The molecule has 2 heterocycles. The molecule has 1 amide bonds. The topological polar surface area (TPSA) is 84.7 Å². The van der Waals surface area contributed by atoms with E-state index in [1.807, 2.05) is 6.07 Å². The van der Waals surface area contributed by atoms with Crippen molar-refractivity contribution in [2.75, 3.05) is 12.0 Å². The van der Waals surface area contributed by atoms with Gasteiger partial charge in [0.1, 0.15) is 5.82 Å². The predicted molar refractivity (Wildman–Crippen MR) is 131 cm³/mol. The van der Waals surface area contributed by atoms with Gasteiger partial charge in [-0.1, -0.05) is 32.1 Å². The summed E-state index contributed by atoms with van der Waals surface area (Å²) in [6.07, 6.45) is 12.1. The van der Waals surface area contributed by atoms with Crippen molar-refractivity contribution in [1.82, 2.24) is 9.55 Å². The highest BCUT2D eigenvalue weighted by Crippen LogP contribution is 2.41. The number of hydrogen-bond acceptors (Lipinski definition) is 4. The first-order chi connectivity index (χ1) is 16.5. The van der Waals surface area contributed by atoms with Gasteiger partial charge in [-0.05, 0) is 63.5 Å². The molecule has 1 aromatic heterocycles. The third-order valence-corrected chi connectivity index (χ3v) is 8.51. The molecule has 7 nitrogen and oxygen atoms in total. The number of carbonyl (C=O) groups excluding carboxylic acids is 1. The Hall–Kier alpha value is -2.57. The molecule has 3 aliphatic rings. The zero-order valence-electron chi connectivity index (χ0n) is 20.5. The lowest BCUT2D eigenvalue weighted by Crippen LogP contribution is -2.42. The number of aliphatic carboxylic acids is 1. The first-order valence-corrected chi connectivity index (χ1v) is 13.1. The van der Waals surface area contributed by atoms with Gasteiger partial charge in [0, 0.05) is 24.1 Å². The number of rotatable bonds is 5. The van der Waals surface area contributed by atoms with Crippen molar-refractivity contribution in [3.8, 4) is 0 Å². The lowest BCUT2D eigenvalue weighted by atomic mass is 9.85. The molecule has 3 atom stereocenters. The van der Waals surface area contributed by atoms with Gasteiger partial charge >= 0.3 is 12.1 Å². The van der Waals surface area contributed by atoms with E-state index in [0.29, 0.717) is 6.42 Å². The van der Waals surface area contributed by atoms with Gasteiger partial charge in [0.05, 0.1) is 29.7 Å². The van der Waals surface area contributed by atoms with Crippen LogP contribution in [0.3, 0.4) is 0 Å². The summed E-state index contributed by atoms with van der Waals surface area (Å²) in [5, 5.41) is 9.70. The maximum absolute atomic E-state index is 12.6. The molecule has 0 saturated heterocycles. The fourth-order valence-electron chi connectivity index (χ4n) is 6.66. The van der Waals surface area contributed by atoms with E-state index in [-0.39, 0.29) is 24.1 Å². The normalized spacial score (nSPS) is 25.5. The fourth-order valence-corrected chi connectivity index (χ4v) is 6.66. The van der Waals surface area contributed by atoms with Crippen LogP contribution >= 0.6 is 0 Å². The highest BCUT2D eigenvalue weighted by molar-refractivity contribution is 5.95. The molecule has 34 heavy (non-hydrogen) atoms. The minimum atomic E-state index is -0.679. The lowest BCUT2D eigenvalue weighted by Gasteiger charge is -2.34. The Morgan fingerprint density at radius 3 is 2.65 bits per heavy atom. The Morgan fingerprint density at radius 1 is 1.12 bits per heavy atom. The lowest BCUT2D eigenvalue weighted by molar-refractivity contribution is -0.143. The average molecular weight is 468 g/mol. The van der Waals surface area contributed by atoms with Crippen molar-refractivity contribution in [3.63, 3.8) is 0 Å². The number of carboxylic acid groups (broad SMARTS) is 1. The second-order valence-electron chi connectivity index (χ2n) is 10.6. The number of aryl methyl sites for hydroxylation is 2. The fraction of sp³-hybridized carbons (Fsp3) is 0.667. The van der Waals surface area contributed by atoms with Crippen LogP contribution in [0.25, 0.3) is 11.0 Å². The van der Waals surface area contributed by atoms with E-state index in [0.717, 1.165) is 79.0 Å². The molecule has 0 radical (unpaired) electrons. The largest absolute Gasteiger partial charge is 0.481 e. The highest BCUT2D eigenvalue weighted by Gasteiger charge is 2.34. The van der Waals surface area contributed by atoms with Crippen LogP contribution < -0.4 is 4.90 Å². The quantitative estimate of drug-likeness (QED) is 0.593. The van der Waals surface area contributed by atoms with Crippen molar-refractivity contribution in [1.29, 1.82) is 0 Å². The number of imidazole rings is 1. The highest BCUT2D eigenvalue weighted by atomic mass is 16.5. The SMILES string of the molecule is COC(=O)N1c2ccc3c(nc(CCC4CCCC4)n3[C@@H]3CCC[C@@H](C(=O)O)C3)c2CC[C@@H]1C. The third kappa shape index (κ3) is 4.18. The standard InChI is InChI=1S/C27H37N3O4/c1-17-10-12-21-22(29(17)27(33)34-2)13-14-23-25(21)28-24(15-11-18-6-3-4-7-18)30(23)20-9-5-8-19(16-20)26(31)32/h13-14,17-20H,3-12,15-16H2,1-2H3,(H,31,32)/t17-,19+,20+/m0/s1. The summed E-state index contributed by atoms with van der Waals surface area (Å²) in [5.41, 5.74) is 4.09. The minimum absolute atomic E-state index is 0.0796. The number of ether oxygens (including phenoxy) is 1. The van der Waals surface area contributed by atoms with E-state index in [1.54, 1.807) is 4.90 Å². The number of aromatic nitrogens is 2. The van der Waals surface area contributed by atoms with E-state index in [4.69, 9.17) is 9.72 Å². The van der Waals surface area contributed by atoms with Crippen LogP contribution in [0.1, 0.15) is 88.6 Å². The second kappa shape index (κ2) is 9.59.